The number of nitrogens with zero attached hydrogens (tertiary/aromatic N) is 5. The molecule has 1 saturated heterocycles. The Labute approximate surface area is 236 Å². The maximum absolute atomic E-state index is 12.9. The zero-order chi connectivity index (χ0) is 29.2. The highest BCUT2D eigenvalue weighted by Gasteiger charge is 2.31. The molecule has 0 spiro atoms. The van der Waals surface area contributed by atoms with E-state index in [0.717, 1.165) is 29.9 Å². The second-order valence-corrected chi connectivity index (χ2v) is 9.31. The summed E-state index contributed by atoms with van der Waals surface area (Å²) in [5, 5.41) is 9.04. The van der Waals surface area contributed by atoms with Gasteiger partial charge in [0.15, 0.2) is 5.17 Å². The average Bonchev–Trinajstić information content (AvgIpc) is 2.94. The number of nitrogens with two attached hydrogens (primary N) is 1. The number of hydrogen-bond acceptors (Lipinski definition) is 6. The fourth-order valence-corrected chi connectivity index (χ4v) is 4.50. The highest BCUT2D eigenvalue weighted by molar-refractivity contribution is 8.14. The van der Waals surface area contributed by atoms with Gasteiger partial charge in [-0.2, -0.15) is 13.9 Å². The lowest BCUT2D eigenvalue weighted by Gasteiger charge is -2.30. The van der Waals surface area contributed by atoms with Gasteiger partial charge in [-0.05, 0) is 48.4 Å². The number of para-hydroxylation sites is 2. The van der Waals surface area contributed by atoms with Gasteiger partial charge in [0.1, 0.15) is 23.7 Å². The van der Waals surface area contributed by atoms with Crippen molar-refractivity contribution >= 4 is 46.7 Å². The molecule has 0 atom stereocenters. The van der Waals surface area contributed by atoms with Gasteiger partial charge in [0.05, 0.1) is 17.6 Å². The first kappa shape index (κ1) is 29.5. The van der Waals surface area contributed by atoms with Crippen molar-refractivity contribution in [3.05, 3.63) is 83.9 Å². The summed E-state index contributed by atoms with van der Waals surface area (Å²) in [7, 11) is 0. The third-order valence-corrected chi connectivity index (χ3v) is 6.44. The van der Waals surface area contributed by atoms with Crippen molar-refractivity contribution in [1.82, 2.24) is 0 Å². The van der Waals surface area contributed by atoms with Crippen molar-refractivity contribution in [2.45, 2.75) is 19.4 Å². The van der Waals surface area contributed by atoms with Crippen LogP contribution in [0.15, 0.2) is 93.0 Å². The number of ether oxygens (including phenoxy) is 2. The molecule has 0 bridgehead atoms. The Morgan fingerprint density at radius 2 is 1.73 bits per heavy atom. The van der Waals surface area contributed by atoms with Crippen LogP contribution in [0.3, 0.4) is 0 Å². The number of rotatable bonds is 9. The van der Waals surface area contributed by atoms with E-state index in [1.165, 1.54) is 36.3 Å². The van der Waals surface area contributed by atoms with Gasteiger partial charge in [0, 0.05) is 17.9 Å². The van der Waals surface area contributed by atoms with Crippen LogP contribution in [0.5, 0.6) is 11.5 Å². The first-order chi connectivity index (χ1) is 19.7. The van der Waals surface area contributed by atoms with Gasteiger partial charge in [-0.15, -0.1) is 18.3 Å². The molecule has 1 heterocycles. The van der Waals surface area contributed by atoms with Crippen LogP contribution in [0.4, 0.5) is 33.3 Å². The Bertz CT molecular complexity index is 1430. The molecule has 1 aliphatic rings. The number of anilines is 1. The van der Waals surface area contributed by atoms with E-state index in [1.54, 1.807) is 53.6 Å². The summed E-state index contributed by atoms with van der Waals surface area (Å²) < 4.78 is 71.0. The van der Waals surface area contributed by atoms with Crippen LogP contribution in [0, 0.1) is 0 Å². The molecule has 14 heteroatoms. The summed E-state index contributed by atoms with van der Waals surface area (Å²) in [5.74, 6) is 0.703. The van der Waals surface area contributed by atoms with Crippen LogP contribution in [-0.2, 0) is 0 Å². The Kier molecular flexibility index (Phi) is 9.90. The highest BCUT2D eigenvalue weighted by atomic mass is 32.2. The molecule has 0 aliphatic carbocycles. The fourth-order valence-electron chi connectivity index (χ4n) is 3.59. The summed E-state index contributed by atoms with van der Waals surface area (Å²) >= 11 is 1.47. The molecule has 0 saturated carbocycles. The molecule has 1 fully saturated rings. The molecular weight excluding hydrogens is 567 g/mol. The second-order valence-electron chi connectivity index (χ2n) is 8.25. The molecule has 1 aliphatic heterocycles. The van der Waals surface area contributed by atoms with Crippen molar-refractivity contribution in [3.8, 4) is 11.5 Å². The third-order valence-electron chi connectivity index (χ3n) is 5.39. The molecule has 214 valence electrons. The number of aliphatic imine (C=N–C) groups is 2. The second kappa shape index (κ2) is 13.7. The van der Waals surface area contributed by atoms with E-state index in [0.29, 0.717) is 28.7 Å². The number of halogens is 5. The van der Waals surface area contributed by atoms with E-state index >= 15 is 0 Å². The lowest BCUT2D eigenvalue weighted by atomic mass is 10.1. The summed E-state index contributed by atoms with van der Waals surface area (Å²) in [5.41, 5.74) is 8.20. The normalized spacial score (nSPS) is 15.8. The summed E-state index contributed by atoms with van der Waals surface area (Å²) in [6.07, 6.45) is -1.18. The molecule has 0 amide bonds. The number of thioether (sulfide) groups is 1. The largest absolute Gasteiger partial charge is 0.573 e. The molecular formula is C27H23F5N6O2S. The van der Waals surface area contributed by atoms with E-state index < -0.39 is 13.0 Å². The molecule has 0 unspecified atom stereocenters. The summed E-state index contributed by atoms with van der Waals surface area (Å²) in [6.45, 7) is -2.36. The van der Waals surface area contributed by atoms with Crippen molar-refractivity contribution in [2.24, 2.45) is 25.9 Å². The Hall–Kier alpha value is -4.46. The minimum Gasteiger partial charge on any atom is -0.433 e. The van der Waals surface area contributed by atoms with Crippen molar-refractivity contribution in [3.63, 3.8) is 0 Å². The van der Waals surface area contributed by atoms with E-state index in [2.05, 4.69) is 29.7 Å². The summed E-state index contributed by atoms with van der Waals surface area (Å²) in [4.78, 5) is 9.90. The van der Waals surface area contributed by atoms with Gasteiger partial charge in [0.2, 0.25) is 0 Å². The van der Waals surface area contributed by atoms with Crippen LogP contribution in [0.25, 0.3) is 0 Å². The minimum absolute atomic E-state index is 0.0648. The van der Waals surface area contributed by atoms with E-state index in [-0.39, 0.29) is 17.3 Å². The minimum atomic E-state index is -4.77. The SMILES string of the molecule is NC(=NC=Nc1ccc(OC(F)(F)F)cc1)c1ccc(/C=N\N=C2\SCCCN2c2ccccc2OC(F)F)cc1. The predicted molar refractivity (Wildman–Crippen MR) is 151 cm³/mol. The molecule has 3 aromatic rings. The zero-order valence-electron chi connectivity index (χ0n) is 21.2. The van der Waals surface area contributed by atoms with Crippen LogP contribution in [0.1, 0.15) is 17.5 Å². The van der Waals surface area contributed by atoms with Gasteiger partial charge in [-0.3, -0.25) is 0 Å². The highest BCUT2D eigenvalue weighted by Crippen LogP contribution is 2.33. The average molecular weight is 591 g/mol. The van der Waals surface area contributed by atoms with Crippen molar-refractivity contribution < 1.29 is 31.4 Å². The quantitative estimate of drug-likeness (QED) is 0.131. The summed E-state index contributed by atoms with van der Waals surface area (Å²) in [6, 6.07) is 18.5. The topological polar surface area (TPSA) is 97.2 Å². The van der Waals surface area contributed by atoms with Crippen LogP contribution < -0.4 is 20.1 Å². The van der Waals surface area contributed by atoms with Crippen molar-refractivity contribution in [1.29, 1.82) is 0 Å². The molecule has 8 nitrogen and oxygen atoms in total. The maximum atomic E-state index is 12.9. The van der Waals surface area contributed by atoms with Gasteiger partial charge < -0.3 is 20.1 Å². The molecule has 0 aromatic heterocycles. The van der Waals surface area contributed by atoms with Crippen LogP contribution in [0.2, 0.25) is 0 Å². The van der Waals surface area contributed by atoms with E-state index in [1.807, 2.05) is 0 Å². The van der Waals surface area contributed by atoms with Crippen molar-refractivity contribution in [2.75, 3.05) is 17.2 Å². The van der Waals surface area contributed by atoms with Gasteiger partial charge in [-0.25, -0.2) is 9.98 Å². The van der Waals surface area contributed by atoms with Crippen LogP contribution in [-0.4, -0.2) is 48.8 Å². The molecule has 4 rings (SSSR count). The Morgan fingerprint density at radius 3 is 2.44 bits per heavy atom. The first-order valence-corrected chi connectivity index (χ1v) is 13.0. The van der Waals surface area contributed by atoms with E-state index in [4.69, 9.17) is 5.73 Å². The van der Waals surface area contributed by atoms with Crippen LogP contribution >= 0.6 is 11.8 Å². The monoisotopic (exact) mass is 590 g/mol. The molecule has 2 N–H and O–H groups in total. The third kappa shape index (κ3) is 9.03. The predicted octanol–water partition coefficient (Wildman–Crippen LogP) is 6.59. The zero-order valence-corrected chi connectivity index (χ0v) is 22.0. The smallest absolute Gasteiger partial charge is 0.433 e. The van der Waals surface area contributed by atoms with E-state index in [9.17, 15) is 22.0 Å². The Balaban J connectivity index is 1.39. The lowest BCUT2D eigenvalue weighted by Crippen LogP contribution is -2.34. The molecule has 0 radical (unpaired) electrons. The van der Waals surface area contributed by atoms with Gasteiger partial charge in [0.25, 0.3) is 0 Å². The fraction of sp³-hybridized carbons (Fsp3) is 0.185. The molecule has 41 heavy (non-hydrogen) atoms. The number of hydrogen-bond donors (Lipinski definition) is 1. The molecule has 3 aromatic carbocycles. The standard InChI is InChI=1S/C27H23F5N6O2S/c28-25(29)39-23-5-2-1-4-22(23)38-14-3-15-41-26(38)37-36-16-18-6-8-19(9-7-18)24(33)35-17-34-20-10-12-21(13-11-20)40-27(30,31)32/h1-2,4-13,16-17,25H,3,14-15H2,(H2,33,34,35)/b36-16-,37-26+. The van der Waals surface area contributed by atoms with Gasteiger partial charge >= 0.3 is 13.0 Å². The van der Waals surface area contributed by atoms with Gasteiger partial charge in [-0.1, -0.05) is 48.2 Å². The maximum Gasteiger partial charge on any atom is 0.573 e. The first-order valence-electron chi connectivity index (χ1n) is 12.1. The number of benzene rings is 3. The number of alkyl halides is 5. The Morgan fingerprint density at radius 1 is 1.00 bits per heavy atom. The number of amidine groups is 2. The lowest BCUT2D eigenvalue weighted by molar-refractivity contribution is -0.274.